The fraction of sp³-hybridized carbons (Fsp3) is 0.943. The molecular weight excluding hydrogens is 989 g/mol. The summed E-state index contributed by atoms with van der Waals surface area (Å²) in [5.74, 6) is 0.0417. The van der Waals surface area contributed by atoms with Crippen molar-refractivity contribution in [2.75, 3.05) is 13.2 Å². The predicted molar refractivity (Wildman–Crippen MR) is 253 cm³/mol. The molecule has 0 radical (unpaired) electrons. The first-order chi connectivity index (χ1) is 35.3. The van der Waals surface area contributed by atoms with E-state index >= 15 is 0 Å². The number of rotatable bonds is 10. The van der Waals surface area contributed by atoms with E-state index in [0.717, 1.165) is 50.5 Å². The molecule has 1 spiro atoms. The van der Waals surface area contributed by atoms with Crippen LogP contribution >= 0.6 is 0 Å². The van der Waals surface area contributed by atoms with E-state index in [1.165, 1.54) is 13.8 Å². The van der Waals surface area contributed by atoms with Gasteiger partial charge in [-0.05, 0) is 99.7 Å². The van der Waals surface area contributed by atoms with E-state index in [4.69, 9.17) is 47.4 Å². The summed E-state index contributed by atoms with van der Waals surface area (Å²) in [4.78, 5) is 14.2. The van der Waals surface area contributed by atoms with Crippen LogP contribution in [0.2, 0.25) is 0 Å². The minimum atomic E-state index is -1.99. The van der Waals surface area contributed by atoms with Crippen LogP contribution in [0.1, 0.15) is 106 Å². The molecule has 0 aromatic heterocycles. The number of carbonyl (C=O) groups excluding carboxylic acids is 1. The molecule has 11 rings (SSSR count). The first-order valence-electron chi connectivity index (χ1n) is 27.4. The number of carbonyl (C=O) groups is 1. The second kappa shape index (κ2) is 19.0. The van der Waals surface area contributed by atoms with Crippen LogP contribution in [0, 0.1) is 44.8 Å². The second-order valence-electron chi connectivity index (χ2n) is 25.8. The van der Waals surface area contributed by atoms with Crippen molar-refractivity contribution in [3.05, 3.63) is 12.2 Å². The molecular formula is C53H82O22. The monoisotopic (exact) mass is 1070 g/mol. The van der Waals surface area contributed by atoms with Gasteiger partial charge in [-0.3, -0.25) is 4.79 Å². The molecule has 22 nitrogen and oxygen atoms in total. The van der Waals surface area contributed by atoms with Crippen molar-refractivity contribution in [1.29, 1.82) is 0 Å². The maximum absolute atomic E-state index is 14.2. The van der Waals surface area contributed by atoms with Crippen LogP contribution in [0.5, 0.6) is 0 Å². The number of ether oxygens (including phenoxy) is 10. The number of allylic oxidation sites excluding steroid dienone is 1. The van der Waals surface area contributed by atoms with Crippen molar-refractivity contribution >= 4 is 5.97 Å². The fourth-order valence-corrected chi connectivity index (χ4v) is 17.6. The summed E-state index contributed by atoms with van der Waals surface area (Å²) in [6, 6.07) is 0. The first-order valence-corrected chi connectivity index (χ1v) is 27.4. The summed E-state index contributed by atoms with van der Waals surface area (Å²) in [7, 11) is 0. The maximum atomic E-state index is 14.2. The molecule has 31 atom stereocenters. The fourth-order valence-electron chi connectivity index (χ4n) is 17.6. The summed E-state index contributed by atoms with van der Waals surface area (Å²) < 4.78 is 64.7. The number of aliphatic hydroxyl groups is 11. The molecule has 6 heterocycles. The Morgan fingerprint density at radius 2 is 1.13 bits per heavy atom. The van der Waals surface area contributed by atoms with Crippen molar-refractivity contribution in [2.24, 2.45) is 44.8 Å². The SMILES string of the molecule is C=C1CC[C@@]23CC[C@]4(C)[C@@](OC2=O)([C@@H]3C1)[C@H]1O[C@H]1[C@@H]1[C@@]2(C)CC[C@H](O[C@@H]3O[C@H](CO)[C@@H](O[C@@H]5O[C@@H](C)[C@H](O)[C@@H](O)[C@H]5O)[C@H](O[C@@H]5O[C@H](CO)[C@@H](O)[C@H](O)[C@H]5O)[C@H]3O[C@@H]3O[C@@H](C)[C@H](O)[C@@H](O)[C@H]3O)C(C)(C)[C@@H]2CC[C@]14C. The molecule has 75 heavy (non-hydrogen) atoms. The Hall–Kier alpha value is -1.59. The normalized spacial score (nSPS) is 58.9. The third kappa shape index (κ3) is 7.81. The number of aliphatic hydroxyl groups excluding tert-OH is 11. The van der Waals surface area contributed by atoms with E-state index in [9.17, 15) is 61.0 Å². The van der Waals surface area contributed by atoms with Gasteiger partial charge in [0.25, 0.3) is 0 Å². The summed E-state index contributed by atoms with van der Waals surface area (Å²) >= 11 is 0. The number of epoxide rings is 1. The lowest BCUT2D eigenvalue weighted by Gasteiger charge is -2.72. The van der Waals surface area contributed by atoms with Crippen LogP contribution in [0.15, 0.2) is 12.2 Å². The van der Waals surface area contributed by atoms with Gasteiger partial charge in [0, 0.05) is 11.3 Å². The molecule has 0 unspecified atom stereocenters. The van der Waals surface area contributed by atoms with E-state index in [1.54, 1.807) is 0 Å². The summed E-state index contributed by atoms with van der Waals surface area (Å²) in [5, 5.41) is 120. The zero-order chi connectivity index (χ0) is 54.0. The zero-order valence-corrected chi connectivity index (χ0v) is 43.9. The van der Waals surface area contributed by atoms with E-state index in [0.29, 0.717) is 12.8 Å². The topological polar surface area (TPSA) is 335 Å². The second-order valence-corrected chi connectivity index (χ2v) is 25.8. The lowest BCUT2D eigenvalue weighted by atomic mass is 9.31. The minimum Gasteiger partial charge on any atom is -0.455 e. The van der Waals surface area contributed by atoms with Gasteiger partial charge in [0.2, 0.25) is 0 Å². The van der Waals surface area contributed by atoms with Gasteiger partial charge in [-0.15, -0.1) is 0 Å². The van der Waals surface area contributed by atoms with Crippen LogP contribution in [0.4, 0.5) is 0 Å². The number of hydrogen-bond acceptors (Lipinski definition) is 22. The molecule has 2 bridgehead atoms. The van der Waals surface area contributed by atoms with Crippen LogP contribution in [0.25, 0.3) is 0 Å². The van der Waals surface area contributed by atoms with E-state index in [2.05, 4.69) is 41.2 Å². The molecule has 5 aliphatic carbocycles. The number of fused-ring (bicyclic) bond motifs is 6. The first kappa shape index (κ1) is 55.3. The highest BCUT2D eigenvalue weighted by Gasteiger charge is 2.89. The predicted octanol–water partition coefficient (Wildman–Crippen LogP) is -1.22. The largest absolute Gasteiger partial charge is 0.455 e. The Morgan fingerprint density at radius 3 is 1.75 bits per heavy atom. The number of hydrogen-bond donors (Lipinski definition) is 11. The Bertz CT molecular complexity index is 2170. The van der Waals surface area contributed by atoms with Gasteiger partial charge in [0.15, 0.2) is 30.8 Å². The lowest BCUT2D eigenvalue weighted by molar-refractivity contribution is -0.413. The van der Waals surface area contributed by atoms with Crippen LogP contribution in [0.3, 0.4) is 0 Å². The molecule has 0 aromatic rings. The summed E-state index contributed by atoms with van der Waals surface area (Å²) in [6.45, 7) is 17.1. The highest BCUT2D eigenvalue weighted by atomic mass is 16.8. The molecule has 0 amide bonds. The minimum absolute atomic E-state index is 0.00303. The zero-order valence-electron chi connectivity index (χ0n) is 43.9. The highest BCUT2D eigenvalue weighted by Crippen LogP contribution is 2.83. The van der Waals surface area contributed by atoms with Gasteiger partial charge in [-0.1, -0.05) is 46.8 Å². The third-order valence-corrected chi connectivity index (χ3v) is 22.0. The average molecular weight is 1070 g/mol. The summed E-state index contributed by atoms with van der Waals surface area (Å²) in [6.07, 6.45) is -27.4. The van der Waals surface area contributed by atoms with Crippen LogP contribution < -0.4 is 0 Å². The van der Waals surface area contributed by atoms with E-state index in [-0.39, 0.29) is 52.2 Å². The lowest BCUT2D eigenvalue weighted by Crippen LogP contribution is -2.74. The molecule has 6 saturated heterocycles. The third-order valence-electron chi connectivity index (χ3n) is 22.0. The van der Waals surface area contributed by atoms with Gasteiger partial charge in [-0.25, -0.2) is 0 Å². The molecule has 5 saturated carbocycles. The summed E-state index contributed by atoms with van der Waals surface area (Å²) in [5.41, 5.74) is -1.72. The van der Waals surface area contributed by atoms with Crippen molar-refractivity contribution in [1.82, 2.24) is 0 Å². The van der Waals surface area contributed by atoms with Crippen molar-refractivity contribution in [3.63, 3.8) is 0 Å². The molecule has 426 valence electrons. The van der Waals surface area contributed by atoms with Crippen molar-refractivity contribution < 1.29 is 108 Å². The highest BCUT2D eigenvalue weighted by molar-refractivity contribution is 5.82. The van der Waals surface area contributed by atoms with Crippen molar-refractivity contribution in [2.45, 2.75) is 253 Å². The number of esters is 1. The average Bonchev–Trinajstić information content (AvgIpc) is 4.16. The maximum Gasteiger partial charge on any atom is 0.313 e. The molecule has 22 heteroatoms. The van der Waals surface area contributed by atoms with E-state index < -0.39 is 159 Å². The quantitative estimate of drug-likeness (QED) is 0.0529. The Morgan fingerprint density at radius 1 is 0.573 bits per heavy atom. The molecule has 0 aromatic carbocycles. The van der Waals surface area contributed by atoms with Gasteiger partial charge < -0.3 is 104 Å². The Balaban J connectivity index is 0.933. The smallest absolute Gasteiger partial charge is 0.313 e. The van der Waals surface area contributed by atoms with Gasteiger partial charge in [0.1, 0.15) is 91.6 Å². The van der Waals surface area contributed by atoms with Gasteiger partial charge in [0.05, 0.1) is 43.0 Å². The molecule has 11 aliphatic rings. The molecule has 6 aliphatic heterocycles. The van der Waals surface area contributed by atoms with Crippen molar-refractivity contribution in [3.8, 4) is 0 Å². The van der Waals surface area contributed by atoms with Gasteiger partial charge in [-0.2, -0.15) is 0 Å². The Labute approximate surface area is 436 Å². The molecule has 11 fully saturated rings. The Kier molecular flexibility index (Phi) is 14.0. The van der Waals surface area contributed by atoms with Crippen LogP contribution in [-0.4, -0.2) is 222 Å². The van der Waals surface area contributed by atoms with E-state index in [1.807, 2.05) is 0 Å². The molecule has 11 N–H and O–H groups in total. The van der Waals surface area contributed by atoms with Gasteiger partial charge >= 0.3 is 5.97 Å². The standard InChI is InChI=1S/C53H82O22/c1-20-9-14-52-16-15-51(8)50(7)13-10-25-48(4,5)27(11-12-49(25,6)41(50)40-42(71-40)53(51,26(52)17-20)75-47(52)65)70-46-39(74-44-35(63)32(60)29(57)22(3)67-44)38(73-45-36(64)33(61)30(58)23(18-54)68-45)37(24(19-55)69-46)72-43-34(62)31(59)28(56)21(2)66-43/h21-46,54-64H,1,9-19H2,2-8H3/t21-,22-,23+,24+,25-,26+,27-,28-,29-,30+,31+,32+,33-,34+,35+,36+,37+,38-,39+,40-,41+,42-,43-,44-,45-,46-,49-,50+,51-,52-,53+/m0/s1. The van der Waals surface area contributed by atoms with Crippen LogP contribution in [-0.2, 0) is 52.2 Å².